The van der Waals surface area contributed by atoms with Crippen molar-refractivity contribution in [2.24, 2.45) is 5.10 Å². The third-order valence-corrected chi connectivity index (χ3v) is 7.60. The molecule has 2 aromatic carbocycles. The van der Waals surface area contributed by atoms with E-state index in [0.29, 0.717) is 36.9 Å². The standard InChI is InChI=1S/C26H32N4O4S2/c1-3-12-34-24-15-20(6-9-23(24)33-2)22-18-36-26(32)30(28-22)16-19-4-7-21(8-5-19)27-25(31)17-29-10-13-35-14-11-29/h4-9,15H,3,10-14,16-18H2,1-2H3,(H,27,31). The van der Waals surface area contributed by atoms with Crippen LogP contribution in [0.15, 0.2) is 47.6 Å². The van der Waals surface area contributed by atoms with E-state index in [0.717, 1.165) is 53.5 Å². The molecule has 2 heterocycles. The first-order chi connectivity index (χ1) is 17.6. The number of thioether (sulfide) groups is 2. The molecule has 0 atom stereocenters. The predicted molar refractivity (Wildman–Crippen MR) is 148 cm³/mol. The molecule has 4 rings (SSSR count). The first-order valence-corrected chi connectivity index (χ1v) is 14.2. The number of nitrogens with one attached hydrogen (secondary N) is 1. The Hall–Kier alpha value is -2.69. The molecule has 2 aromatic rings. The highest BCUT2D eigenvalue weighted by molar-refractivity contribution is 8.14. The van der Waals surface area contributed by atoms with Crippen LogP contribution in [0.1, 0.15) is 24.5 Å². The lowest BCUT2D eigenvalue weighted by Crippen LogP contribution is -2.38. The van der Waals surface area contributed by atoms with Gasteiger partial charge in [-0.05, 0) is 42.3 Å². The molecule has 1 saturated heterocycles. The first kappa shape index (κ1) is 26.4. The monoisotopic (exact) mass is 528 g/mol. The molecule has 2 amide bonds. The molecule has 2 aliphatic rings. The van der Waals surface area contributed by atoms with Gasteiger partial charge >= 0.3 is 5.24 Å². The third kappa shape index (κ3) is 7.18. The van der Waals surface area contributed by atoms with E-state index in [1.807, 2.05) is 54.2 Å². The smallest absolute Gasteiger partial charge is 0.302 e. The molecule has 1 N–H and O–H groups in total. The highest BCUT2D eigenvalue weighted by Gasteiger charge is 2.23. The number of ether oxygens (including phenoxy) is 2. The van der Waals surface area contributed by atoms with Gasteiger partial charge in [0.05, 0.1) is 32.5 Å². The van der Waals surface area contributed by atoms with Crippen LogP contribution in [-0.4, -0.2) is 77.4 Å². The van der Waals surface area contributed by atoms with E-state index in [-0.39, 0.29) is 11.1 Å². The van der Waals surface area contributed by atoms with Crippen LogP contribution in [0, 0.1) is 0 Å². The molecule has 0 radical (unpaired) electrons. The minimum Gasteiger partial charge on any atom is -0.493 e. The summed E-state index contributed by atoms with van der Waals surface area (Å²) >= 11 is 3.16. The molecular weight excluding hydrogens is 496 g/mol. The largest absolute Gasteiger partial charge is 0.493 e. The molecule has 1 fully saturated rings. The summed E-state index contributed by atoms with van der Waals surface area (Å²) in [6.45, 7) is 5.31. The maximum atomic E-state index is 12.6. The van der Waals surface area contributed by atoms with Crippen LogP contribution in [0.25, 0.3) is 0 Å². The van der Waals surface area contributed by atoms with Crippen molar-refractivity contribution < 1.29 is 19.1 Å². The van der Waals surface area contributed by atoms with Crippen LogP contribution in [-0.2, 0) is 11.3 Å². The summed E-state index contributed by atoms with van der Waals surface area (Å²) in [6, 6.07) is 13.3. The number of nitrogens with zero attached hydrogens (tertiary/aromatic N) is 3. The van der Waals surface area contributed by atoms with E-state index >= 15 is 0 Å². The Balaban J connectivity index is 1.39. The fraction of sp³-hybridized carbons (Fsp3) is 0.423. The molecule has 0 spiro atoms. The Morgan fingerprint density at radius 2 is 1.89 bits per heavy atom. The third-order valence-electron chi connectivity index (χ3n) is 5.78. The minimum atomic E-state index is -0.0909. The molecule has 0 aromatic heterocycles. The van der Waals surface area contributed by atoms with Gasteiger partial charge < -0.3 is 14.8 Å². The molecule has 8 nitrogen and oxygen atoms in total. The van der Waals surface area contributed by atoms with Gasteiger partial charge in [-0.1, -0.05) is 30.8 Å². The summed E-state index contributed by atoms with van der Waals surface area (Å²) in [6.07, 6.45) is 0.895. The summed E-state index contributed by atoms with van der Waals surface area (Å²) < 4.78 is 11.2. The number of rotatable bonds is 10. The highest BCUT2D eigenvalue weighted by Crippen LogP contribution is 2.30. The number of hydrazone groups is 1. The highest BCUT2D eigenvalue weighted by atomic mass is 32.2. The van der Waals surface area contributed by atoms with Crippen LogP contribution in [0.5, 0.6) is 11.5 Å². The summed E-state index contributed by atoms with van der Waals surface area (Å²) in [5, 5.41) is 9.01. The quantitative estimate of drug-likeness (QED) is 0.485. The number of methoxy groups -OCH3 is 1. The molecule has 0 saturated carbocycles. The lowest BCUT2D eigenvalue weighted by Gasteiger charge is -2.25. The molecule has 10 heteroatoms. The van der Waals surface area contributed by atoms with Crippen LogP contribution in [0.2, 0.25) is 0 Å². The number of amides is 2. The normalized spacial score (nSPS) is 16.4. The molecule has 36 heavy (non-hydrogen) atoms. The zero-order chi connectivity index (χ0) is 25.3. The first-order valence-electron chi connectivity index (χ1n) is 12.1. The van der Waals surface area contributed by atoms with Crippen LogP contribution in [0.3, 0.4) is 0 Å². The van der Waals surface area contributed by atoms with E-state index in [9.17, 15) is 9.59 Å². The number of hydrogen-bond donors (Lipinski definition) is 1. The molecule has 2 aliphatic heterocycles. The van der Waals surface area contributed by atoms with E-state index < -0.39 is 0 Å². The van der Waals surface area contributed by atoms with Gasteiger partial charge in [0, 0.05) is 41.6 Å². The van der Waals surface area contributed by atoms with E-state index in [1.54, 1.807) is 7.11 Å². The fourth-order valence-electron chi connectivity index (χ4n) is 3.87. The Kier molecular flexibility index (Phi) is 9.54. The Bertz CT molecular complexity index is 1090. The van der Waals surface area contributed by atoms with Crippen molar-refractivity contribution >= 4 is 46.1 Å². The lowest BCUT2D eigenvalue weighted by molar-refractivity contribution is -0.117. The Morgan fingerprint density at radius 1 is 1.11 bits per heavy atom. The Labute approximate surface area is 220 Å². The average Bonchev–Trinajstić information content (AvgIpc) is 2.90. The molecule has 0 aliphatic carbocycles. The maximum absolute atomic E-state index is 12.6. The maximum Gasteiger partial charge on any atom is 0.302 e. The number of anilines is 1. The van der Waals surface area contributed by atoms with E-state index in [1.165, 1.54) is 16.8 Å². The van der Waals surface area contributed by atoms with Gasteiger partial charge in [0.2, 0.25) is 5.91 Å². The summed E-state index contributed by atoms with van der Waals surface area (Å²) in [5.74, 6) is 3.98. The van der Waals surface area contributed by atoms with Crippen molar-refractivity contribution in [2.75, 3.05) is 55.9 Å². The second-order valence-corrected chi connectivity index (χ2v) is 10.7. The van der Waals surface area contributed by atoms with Gasteiger partial charge in [0.25, 0.3) is 0 Å². The summed E-state index contributed by atoms with van der Waals surface area (Å²) in [7, 11) is 1.62. The second kappa shape index (κ2) is 13.0. The zero-order valence-electron chi connectivity index (χ0n) is 20.7. The van der Waals surface area contributed by atoms with E-state index in [2.05, 4.69) is 22.2 Å². The molecular formula is C26H32N4O4S2. The lowest BCUT2D eigenvalue weighted by atomic mass is 10.1. The van der Waals surface area contributed by atoms with E-state index in [4.69, 9.17) is 9.47 Å². The number of carbonyl (C=O) groups is 2. The van der Waals surface area contributed by atoms with Crippen molar-refractivity contribution in [2.45, 2.75) is 19.9 Å². The van der Waals surface area contributed by atoms with Gasteiger partial charge in [-0.25, -0.2) is 5.01 Å². The predicted octanol–water partition coefficient (Wildman–Crippen LogP) is 4.54. The van der Waals surface area contributed by atoms with Crippen molar-refractivity contribution in [3.63, 3.8) is 0 Å². The Morgan fingerprint density at radius 3 is 2.61 bits per heavy atom. The van der Waals surface area contributed by atoms with Gasteiger partial charge in [0.1, 0.15) is 0 Å². The van der Waals surface area contributed by atoms with Gasteiger partial charge in [-0.3, -0.25) is 14.5 Å². The van der Waals surface area contributed by atoms with Gasteiger partial charge in [-0.15, -0.1) is 0 Å². The SMILES string of the molecule is CCCOc1cc(C2=NN(Cc3ccc(NC(=O)CN4CCSCC4)cc3)C(=O)SC2)ccc1OC. The number of benzene rings is 2. The minimum absolute atomic E-state index is 0.00622. The average molecular weight is 529 g/mol. The van der Waals surface area contributed by atoms with Crippen molar-refractivity contribution in [1.29, 1.82) is 0 Å². The fourth-order valence-corrected chi connectivity index (χ4v) is 5.59. The summed E-state index contributed by atoms with van der Waals surface area (Å²) in [4.78, 5) is 27.1. The van der Waals surface area contributed by atoms with Crippen LogP contribution < -0.4 is 14.8 Å². The van der Waals surface area contributed by atoms with Crippen LogP contribution >= 0.6 is 23.5 Å². The summed E-state index contributed by atoms with van der Waals surface area (Å²) in [5.41, 5.74) is 3.39. The zero-order valence-corrected chi connectivity index (χ0v) is 22.3. The van der Waals surface area contributed by atoms with Crippen LogP contribution in [0.4, 0.5) is 10.5 Å². The van der Waals surface area contributed by atoms with Crippen molar-refractivity contribution in [3.05, 3.63) is 53.6 Å². The van der Waals surface area contributed by atoms with Crippen molar-refractivity contribution in [3.8, 4) is 11.5 Å². The topological polar surface area (TPSA) is 83.5 Å². The van der Waals surface area contributed by atoms with Gasteiger partial charge in [-0.2, -0.15) is 16.9 Å². The number of carbonyl (C=O) groups excluding carboxylic acids is 2. The molecule has 0 bridgehead atoms. The number of hydrogen-bond acceptors (Lipinski definition) is 8. The molecule has 192 valence electrons. The molecule has 0 unspecified atom stereocenters. The van der Waals surface area contributed by atoms with Crippen molar-refractivity contribution in [1.82, 2.24) is 9.91 Å². The second-order valence-electron chi connectivity index (χ2n) is 8.51. The van der Waals surface area contributed by atoms with Gasteiger partial charge in [0.15, 0.2) is 11.5 Å².